The van der Waals surface area contributed by atoms with E-state index in [0.29, 0.717) is 34.8 Å². The molecule has 2 aliphatic heterocycles. The molecule has 0 bridgehead atoms. The molecule has 9 unspecified atom stereocenters. The fraction of sp³-hybridized carbons (Fsp3) is 0.442. The van der Waals surface area contributed by atoms with E-state index in [2.05, 4.69) is 143 Å². The summed E-state index contributed by atoms with van der Waals surface area (Å²) in [6.07, 6.45) is 26.4. The Balaban J connectivity index is 1.14. The molecule has 0 N–H and O–H groups in total. The van der Waals surface area contributed by atoms with Crippen molar-refractivity contribution in [2.24, 2.45) is 23.7 Å². The molecule has 0 aromatic heterocycles. The maximum atomic E-state index is 7.03. The molecular formula is C43H45BO2S. The molecule has 10 rings (SSSR count). The molecule has 4 heteroatoms. The van der Waals surface area contributed by atoms with Gasteiger partial charge in [0.2, 0.25) is 0 Å². The average Bonchev–Trinajstić information content (AvgIpc) is 3.76. The minimum absolute atomic E-state index is 0.151. The summed E-state index contributed by atoms with van der Waals surface area (Å²) in [6, 6.07) is 18.8. The van der Waals surface area contributed by atoms with Crippen molar-refractivity contribution in [1.82, 2.24) is 0 Å². The first-order chi connectivity index (χ1) is 22.8. The standard InChI is InChI=1S/C43H45BO2S/c1-41(2)42(3,4)46-44(45-41)38-25-37-32(24-31(38)26-21-22-40-33(23-26)30-16-8-12-20-39(30)47-40)29-15-7-11-19-36(29)43(37)34-17-9-5-13-27(34)28-14-6-10-18-35(28)43/h5-20,23,27,30-31,33-34,38-40H,21-22,24-25H2,1-4H3. The van der Waals surface area contributed by atoms with E-state index >= 15 is 0 Å². The van der Waals surface area contributed by atoms with Gasteiger partial charge in [-0.1, -0.05) is 114 Å². The van der Waals surface area contributed by atoms with Crippen LogP contribution < -0.4 is 0 Å². The fourth-order valence-corrected chi connectivity index (χ4v) is 12.8. The molecule has 238 valence electrons. The number of thioether (sulfide) groups is 1. The van der Waals surface area contributed by atoms with Crippen LogP contribution in [0.1, 0.15) is 81.5 Å². The maximum Gasteiger partial charge on any atom is 0.462 e. The van der Waals surface area contributed by atoms with Crippen LogP contribution >= 0.6 is 11.8 Å². The van der Waals surface area contributed by atoms with Crippen LogP contribution in [-0.2, 0) is 14.7 Å². The molecule has 0 saturated carbocycles. The van der Waals surface area contributed by atoms with Crippen LogP contribution in [0, 0.1) is 23.7 Å². The summed E-state index contributed by atoms with van der Waals surface area (Å²) >= 11 is 2.22. The van der Waals surface area contributed by atoms with Crippen molar-refractivity contribution in [1.29, 1.82) is 0 Å². The van der Waals surface area contributed by atoms with E-state index in [9.17, 15) is 0 Å². The van der Waals surface area contributed by atoms with Gasteiger partial charge in [0.05, 0.1) is 11.2 Å². The summed E-state index contributed by atoms with van der Waals surface area (Å²) in [4.78, 5) is 0. The van der Waals surface area contributed by atoms with Crippen LogP contribution in [0.4, 0.5) is 0 Å². The molecule has 6 aliphatic carbocycles. The first kappa shape index (κ1) is 29.2. The van der Waals surface area contributed by atoms with Crippen molar-refractivity contribution in [2.45, 2.75) is 92.2 Å². The highest BCUT2D eigenvalue weighted by Gasteiger charge is 2.62. The minimum atomic E-state index is -0.351. The second-order valence-corrected chi connectivity index (χ2v) is 17.8. The molecule has 1 spiro atoms. The van der Waals surface area contributed by atoms with Gasteiger partial charge in [-0.25, -0.2) is 0 Å². The van der Waals surface area contributed by atoms with Gasteiger partial charge < -0.3 is 9.31 Å². The molecule has 2 aromatic rings. The smallest absolute Gasteiger partial charge is 0.403 e. The second kappa shape index (κ2) is 10.1. The lowest BCUT2D eigenvalue weighted by atomic mass is 9.52. The zero-order valence-electron chi connectivity index (χ0n) is 28.1. The highest BCUT2D eigenvalue weighted by Crippen LogP contribution is 2.69. The van der Waals surface area contributed by atoms with Crippen molar-refractivity contribution in [2.75, 3.05) is 0 Å². The van der Waals surface area contributed by atoms with E-state index in [0.717, 1.165) is 18.1 Å². The normalized spacial score (nSPS) is 39.4. The highest BCUT2D eigenvalue weighted by atomic mass is 32.2. The Morgan fingerprint density at radius 2 is 1.49 bits per heavy atom. The van der Waals surface area contributed by atoms with Crippen LogP contribution in [0.2, 0.25) is 5.82 Å². The number of rotatable bonds is 2. The number of hydrogen-bond donors (Lipinski definition) is 0. The molecule has 0 radical (unpaired) electrons. The monoisotopic (exact) mass is 636 g/mol. The van der Waals surface area contributed by atoms with Crippen LogP contribution in [0.3, 0.4) is 0 Å². The highest BCUT2D eigenvalue weighted by molar-refractivity contribution is 8.01. The van der Waals surface area contributed by atoms with Gasteiger partial charge in [0.25, 0.3) is 0 Å². The third-order valence-corrected chi connectivity index (χ3v) is 15.5. The van der Waals surface area contributed by atoms with Crippen molar-refractivity contribution in [3.63, 3.8) is 0 Å². The van der Waals surface area contributed by atoms with E-state index in [1.807, 2.05) is 0 Å². The summed E-state index contributed by atoms with van der Waals surface area (Å²) in [5.74, 6) is 2.69. The predicted octanol–water partition coefficient (Wildman–Crippen LogP) is 10.0. The molecule has 2 fully saturated rings. The first-order valence-corrected chi connectivity index (χ1v) is 19.1. The molecule has 47 heavy (non-hydrogen) atoms. The second-order valence-electron chi connectivity index (χ2n) is 16.4. The molecule has 2 heterocycles. The molecule has 2 saturated heterocycles. The van der Waals surface area contributed by atoms with E-state index in [1.54, 1.807) is 16.7 Å². The summed E-state index contributed by atoms with van der Waals surface area (Å²) < 4.78 is 14.1. The van der Waals surface area contributed by atoms with Gasteiger partial charge in [0.1, 0.15) is 0 Å². The Morgan fingerprint density at radius 3 is 2.34 bits per heavy atom. The first-order valence-electron chi connectivity index (χ1n) is 18.1. The molecule has 2 nitrogen and oxygen atoms in total. The van der Waals surface area contributed by atoms with E-state index in [4.69, 9.17) is 9.31 Å². The lowest BCUT2D eigenvalue weighted by molar-refractivity contribution is 0.00578. The number of allylic oxidation sites excluding steroid dienone is 11. The molecule has 8 aliphatic rings. The lowest BCUT2D eigenvalue weighted by Gasteiger charge is -2.43. The summed E-state index contributed by atoms with van der Waals surface area (Å²) in [7, 11) is -0.226. The zero-order chi connectivity index (χ0) is 31.7. The Bertz CT molecular complexity index is 1840. The SMILES string of the molecule is CC1(C)OB(C2CC3=C(CC2C2=CC4C(CC2)SC2C=CC=CC24)c2ccccc2C32c3ccccc3C3C=CC=CC32)OC1(C)C. The minimum Gasteiger partial charge on any atom is -0.403 e. The molecular weight excluding hydrogens is 591 g/mol. The van der Waals surface area contributed by atoms with Gasteiger partial charge in [0, 0.05) is 33.6 Å². The van der Waals surface area contributed by atoms with Crippen LogP contribution in [0.5, 0.6) is 0 Å². The van der Waals surface area contributed by atoms with E-state index in [-0.39, 0.29) is 29.6 Å². The topological polar surface area (TPSA) is 18.5 Å². The average molecular weight is 637 g/mol. The van der Waals surface area contributed by atoms with Gasteiger partial charge in [0.15, 0.2) is 0 Å². The predicted molar refractivity (Wildman–Crippen MR) is 195 cm³/mol. The van der Waals surface area contributed by atoms with Gasteiger partial charge in [-0.05, 0) is 99.0 Å². The lowest BCUT2D eigenvalue weighted by Crippen LogP contribution is -2.41. The van der Waals surface area contributed by atoms with Gasteiger partial charge in [-0.15, -0.1) is 11.8 Å². The Hall–Kier alpha value is -2.79. The van der Waals surface area contributed by atoms with Crippen molar-refractivity contribution >= 4 is 24.5 Å². The molecule has 9 atom stereocenters. The maximum absolute atomic E-state index is 7.03. The Morgan fingerprint density at radius 1 is 0.766 bits per heavy atom. The van der Waals surface area contributed by atoms with Gasteiger partial charge in [-0.3, -0.25) is 0 Å². The Kier molecular flexibility index (Phi) is 6.28. The third kappa shape index (κ3) is 3.90. The van der Waals surface area contributed by atoms with Crippen LogP contribution in [-0.4, -0.2) is 28.8 Å². The molecule has 2 aromatic carbocycles. The zero-order valence-corrected chi connectivity index (χ0v) is 28.9. The third-order valence-electron chi connectivity index (χ3n) is 13.8. The largest absolute Gasteiger partial charge is 0.462 e. The summed E-state index contributed by atoms with van der Waals surface area (Å²) in [6.45, 7) is 8.90. The Labute approximate surface area is 285 Å². The fourth-order valence-electron chi connectivity index (χ4n) is 11.1. The van der Waals surface area contributed by atoms with Gasteiger partial charge in [-0.2, -0.15) is 0 Å². The summed E-state index contributed by atoms with van der Waals surface area (Å²) in [5, 5.41) is 1.35. The van der Waals surface area contributed by atoms with Crippen molar-refractivity contribution < 1.29 is 9.31 Å². The van der Waals surface area contributed by atoms with E-state index in [1.165, 1.54) is 35.1 Å². The quantitative estimate of drug-likeness (QED) is 0.242. The number of hydrogen-bond acceptors (Lipinski definition) is 3. The number of fused-ring (bicyclic) bond motifs is 12. The van der Waals surface area contributed by atoms with Crippen molar-refractivity contribution in [3.05, 3.63) is 137 Å². The van der Waals surface area contributed by atoms with Gasteiger partial charge >= 0.3 is 7.12 Å². The van der Waals surface area contributed by atoms with E-state index < -0.39 is 0 Å². The molecule has 0 amide bonds. The van der Waals surface area contributed by atoms with Crippen molar-refractivity contribution in [3.8, 4) is 0 Å². The van der Waals surface area contributed by atoms with Crippen LogP contribution in [0.15, 0.2) is 114 Å². The summed E-state index contributed by atoms with van der Waals surface area (Å²) in [5.41, 5.74) is 10.1. The van der Waals surface area contributed by atoms with Crippen LogP contribution in [0.25, 0.3) is 5.57 Å². The number of benzene rings is 2.